The maximum atomic E-state index is 11.7. The van der Waals surface area contributed by atoms with Crippen LogP contribution in [0.5, 0.6) is 0 Å². The van der Waals surface area contributed by atoms with E-state index in [0.717, 1.165) is 12.8 Å². The number of aryl methyl sites for hydroxylation is 1. The summed E-state index contributed by atoms with van der Waals surface area (Å²) in [6.07, 6.45) is 1.74. The van der Waals surface area contributed by atoms with Crippen molar-refractivity contribution < 1.29 is 14.3 Å². The summed E-state index contributed by atoms with van der Waals surface area (Å²) in [5.41, 5.74) is 1.24. The molecule has 0 heterocycles. The van der Waals surface area contributed by atoms with Crippen molar-refractivity contribution in [1.82, 2.24) is 10.2 Å². The molecule has 1 N–H and O–H groups in total. The summed E-state index contributed by atoms with van der Waals surface area (Å²) in [4.78, 5) is 24.9. The van der Waals surface area contributed by atoms with Crippen LogP contribution in [-0.4, -0.2) is 50.1 Å². The summed E-state index contributed by atoms with van der Waals surface area (Å²) in [5, 5.41) is 2.72. The third kappa shape index (κ3) is 7.46. The van der Waals surface area contributed by atoms with E-state index in [1.165, 1.54) is 12.5 Å². The molecule has 2 amide bonds. The molecule has 0 saturated carbocycles. The van der Waals surface area contributed by atoms with E-state index in [4.69, 9.17) is 4.74 Å². The molecule has 21 heavy (non-hydrogen) atoms. The van der Waals surface area contributed by atoms with E-state index in [0.29, 0.717) is 19.7 Å². The standard InChI is InChI=1S/C16H24N2O3/c1-14(19)18(13-16(20)17-10-12-21-2)11-6-9-15-7-4-3-5-8-15/h3-5,7-8H,6,9-13H2,1-2H3,(H,17,20). The maximum absolute atomic E-state index is 11.7. The Labute approximate surface area is 126 Å². The summed E-state index contributed by atoms with van der Waals surface area (Å²) in [7, 11) is 1.58. The Bertz CT molecular complexity index is 434. The van der Waals surface area contributed by atoms with E-state index < -0.39 is 0 Å². The number of carbonyl (C=O) groups is 2. The van der Waals surface area contributed by atoms with E-state index in [2.05, 4.69) is 17.4 Å². The zero-order valence-corrected chi connectivity index (χ0v) is 12.8. The minimum absolute atomic E-state index is 0.0787. The van der Waals surface area contributed by atoms with Crippen molar-refractivity contribution in [3.05, 3.63) is 35.9 Å². The molecule has 0 saturated heterocycles. The number of carbonyl (C=O) groups excluding carboxylic acids is 2. The Morgan fingerprint density at radius 2 is 1.95 bits per heavy atom. The van der Waals surface area contributed by atoms with Crippen LogP contribution in [0.25, 0.3) is 0 Å². The van der Waals surface area contributed by atoms with Gasteiger partial charge in [0.25, 0.3) is 0 Å². The number of methoxy groups -OCH3 is 1. The van der Waals surface area contributed by atoms with Crippen molar-refractivity contribution in [2.24, 2.45) is 0 Å². The van der Waals surface area contributed by atoms with Crippen molar-refractivity contribution in [2.45, 2.75) is 19.8 Å². The predicted octanol–water partition coefficient (Wildman–Crippen LogP) is 1.23. The third-order valence-corrected chi connectivity index (χ3v) is 3.14. The van der Waals surface area contributed by atoms with Crippen LogP contribution < -0.4 is 5.32 Å². The molecular weight excluding hydrogens is 268 g/mol. The van der Waals surface area contributed by atoms with Gasteiger partial charge in [-0.2, -0.15) is 0 Å². The molecule has 5 nitrogen and oxygen atoms in total. The van der Waals surface area contributed by atoms with Crippen LogP contribution in [0.3, 0.4) is 0 Å². The fraction of sp³-hybridized carbons (Fsp3) is 0.500. The van der Waals surface area contributed by atoms with Gasteiger partial charge in [-0.05, 0) is 18.4 Å². The van der Waals surface area contributed by atoms with Gasteiger partial charge in [0.05, 0.1) is 13.2 Å². The van der Waals surface area contributed by atoms with Crippen molar-refractivity contribution in [3.63, 3.8) is 0 Å². The first kappa shape index (κ1) is 17.2. The quantitative estimate of drug-likeness (QED) is 0.696. The first-order valence-corrected chi connectivity index (χ1v) is 7.18. The molecule has 5 heteroatoms. The molecule has 0 aliphatic rings. The third-order valence-electron chi connectivity index (χ3n) is 3.14. The largest absolute Gasteiger partial charge is 0.383 e. The number of hydrogen-bond donors (Lipinski definition) is 1. The summed E-state index contributed by atoms with van der Waals surface area (Å²) in [5.74, 6) is -0.230. The van der Waals surface area contributed by atoms with Crippen LogP contribution in [0.1, 0.15) is 18.9 Å². The first-order chi connectivity index (χ1) is 10.1. The van der Waals surface area contributed by atoms with Crippen molar-refractivity contribution in [2.75, 3.05) is 33.4 Å². The van der Waals surface area contributed by atoms with Gasteiger partial charge in [-0.1, -0.05) is 30.3 Å². The Balaban J connectivity index is 2.32. The molecule has 1 aromatic carbocycles. The van der Waals surface area contributed by atoms with E-state index in [1.54, 1.807) is 12.0 Å². The van der Waals surface area contributed by atoms with Gasteiger partial charge < -0.3 is 15.0 Å². The minimum Gasteiger partial charge on any atom is -0.383 e. The molecule has 0 unspecified atom stereocenters. The fourth-order valence-electron chi connectivity index (χ4n) is 1.99. The summed E-state index contributed by atoms with van der Waals surface area (Å²) in [6, 6.07) is 10.1. The van der Waals surface area contributed by atoms with Crippen molar-refractivity contribution in [1.29, 1.82) is 0 Å². The lowest BCUT2D eigenvalue weighted by Crippen LogP contribution is -2.41. The molecule has 0 bridgehead atoms. The highest BCUT2D eigenvalue weighted by atomic mass is 16.5. The van der Waals surface area contributed by atoms with E-state index in [1.807, 2.05) is 18.2 Å². The first-order valence-electron chi connectivity index (χ1n) is 7.18. The Kier molecular flexibility index (Phi) is 8.12. The van der Waals surface area contributed by atoms with Crippen LogP contribution in [0.4, 0.5) is 0 Å². The minimum atomic E-state index is -0.151. The molecule has 0 aromatic heterocycles. The Morgan fingerprint density at radius 1 is 1.24 bits per heavy atom. The lowest BCUT2D eigenvalue weighted by molar-refractivity contribution is -0.134. The summed E-state index contributed by atoms with van der Waals surface area (Å²) in [6.45, 7) is 3.12. The van der Waals surface area contributed by atoms with Crippen molar-refractivity contribution >= 4 is 11.8 Å². The molecule has 116 valence electrons. The lowest BCUT2D eigenvalue weighted by Gasteiger charge is -2.20. The number of hydrogen-bond acceptors (Lipinski definition) is 3. The normalized spacial score (nSPS) is 10.2. The molecule has 0 atom stereocenters. The monoisotopic (exact) mass is 292 g/mol. The van der Waals surface area contributed by atoms with Gasteiger partial charge in [-0.15, -0.1) is 0 Å². The van der Waals surface area contributed by atoms with Crippen LogP contribution in [0.15, 0.2) is 30.3 Å². The van der Waals surface area contributed by atoms with Crippen LogP contribution in [0.2, 0.25) is 0 Å². The average molecular weight is 292 g/mol. The highest BCUT2D eigenvalue weighted by Crippen LogP contribution is 2.03. The summed E-state index contributed by atoms with van der Waals surface area (Å²) >= 11 is 0. The molecular formula is C16H24N2O3. The van der Waals surface area contributed by atoms with Crippen LogP contribution in [0, 0.1) is 0 Å². The van der Waals surface area contributed by atoms with Gasteiger partial charge in [0.2, 0.25) is 11.8 Å². The molecule has 0 aliphatic carbocycles. The van der Waals surface area contributed by atoms with Crippen molar-refractivity contribution in [3.8, 4) is 0 Å². The summed E-state index contributed by atoms with van der Waals surface area (Å²) < 4.78 is 4.86. The number of nitrogens with one attached hydrogen (secondary N) is 1. The number of rotatable bonds is 9. The van der Waals surface area contributed by atoms with Crippen LogP contribution >= 0.6 is 0 Å². The molecule has 1 aromatic rings. The molecule has 1 rings (SSSR count). The fourth-order valence-corrected chi connectivity index (χ4v) is 1.99. The second-order valence-corrected chi connectivity index (χ2v) is 4.87. The maximum Gasteiger partial charge on any atom is 0.239 e. The zero-order valence-electron chi connectivity index (χ0n) is 12.8. The van der Waals surface area contributed by atoms with Crippen LogP contribution in [-0.2, 0) is 20.7 Å². The second-order valence-electron chi connectivity index (χ2n) is 4.87. The lowest BCUT2D eigenvalue weighted by atomic mass is 10.1. The topological polar surface area (TPSA) is 58.6 Å². The van der Waals surface area contributed by atoms with Gasteiger partial charge in [0.1, 0.15) is 0 Å². The number of benzene rings is 1. The number of nitrogens with zero attached hydrogens (tertiary/aromatic N) is 1. The number of amides is 2. The van der Waals surface area contributed by atoms with E-state index in [9.17, 15) is 9.59 Å². The van der Waals surface area contributed by atoms with Gasteiger partial charge in [-0.3, -0.25) is 9.59 Å². The molecule has 0 radical (unpaired) electrons. The predicted molar refractivity (Wildman–Crippen MR) is 81.9 cm³/mol. The van der Waals surface area contributed by atoms with Gasteiger partial charge in [0.15, 0.2) is 0 Å². The molecule has 0 aliphatic heterocycles. The smallest absolute Gasteiger partial charge is 0.239 e. The molecule has 0 spiro atoms. The highest BCUT2D eigenvalue weighted by molar-refractivity contribution is 5.83. The highest BCUT2D eigenvalue weighted by Gasteiger charge is 2.12. The van der Waals surface area contributed by atoms with E-state index in [-0.39, 0.29) is 18.4 Å². The van der Waals surface area contributed by atoms with Gasteiger partial charge in [0, 0.05) is 27.1 Å². The van der Waals surface area contributed by atoms with Gasteiger partial charge >= 0.3 is 0 Å². The molecule has 0 fully saturated rings. The van der Waals surface area contributed by atoms with Gasteiger partial charge in [-0.25, -0.2) is 0 Å². The Hall–Kier alpha value is -1.88. The van der Waals surface area contributed by atoms with E-state index >= 15 is 0 Å². The zero-order chi connectivity index (χ0) is 15.5. The SMILES string of the molecule is COCCNC(=O)CN(CCCc1ccccc1)C(C)=O. The Morgan fingerprint density at radius 3 is 2.57 bits per heavy atom. The second kappa shape index (κ2) is 9.94. The number of ether oxygens (including phenoxy) is 1. The average Bonchev–Trinajstić information content (AvgIpc) is 2.47.